The van der Waals surface area contributed by atoms with Crippen LogP contribution < -0.4 is 0 Å². The fraction of sp³-hybridized carbons (Fsp3) is 1.00. The summed E-state index contributed by atoms with van der Waals surface area (Å²) in [5, 5.41) is 0. The zero-order chi connectivity index (χ0) is 14.2. The molecule has 0 rings (SSSR count). The Kier molecular flexibility index (Phi) is 8.94. The Morgan fingerprint density at radius 1 is 1.06 bits per heavy atom. The maximum Gasteiger partial charge on any atom is 0.0632 e. The Labute approximate surface area is 116 Å². The van der Waals surface area contributed by atoms with Crippen LogP contribution >= 0.6 is 0 Å². The summed E-state index contributed by atoms with van der Waals surface area (Å²) in [6.07, 6.45) is 8.05. The van der Waals surface area contributed by atoms with Crippen molar-refractivity contribution in [2.24, 2.45) is 11.8 Å². The van der Waals surface area contributed by atoms with E-state index in [-0.39, 0.29) is 5.60 Å². The molecule has 0 bridgehead atoms. The molecule has 0 aliphatic heterocycles. The first-order valence-corrected chi connectivity index (χ1v) is 7.98. The van der Waals surface area contributed by atoms with Crippen LogP contribution in [0.5, 0.6) is 0 Å². The minimum Gasteiger partial charge on any atom is -0.373 e. The van der Waals surface area contributed by atoms with Crippen LogP contribution in [0.15, 0.2) is 0 Å². The molecular weight excluding hydrogens is 220 g/mol. The zero-order valence-corrected chi connectivity index (χ0v) is 13.9. The highest BCUT2D eigenvalue weighted by Gasteiger charge is 2.25. The molecule has 0 heterocycles. The van der Waals surface area contributed by atoms with Gasteiger partial charge in [0.15, 0.2) is 0 Å². The molecule has 2 atom stereocenters. The SMILES string of the molecule is CCCCC(CC)CC(C)(C)OC(C)CC(C)C. The number of rotatable bonds is 10. The van der Waals surface area contributed by atoms with Crippen molar-refractivity contribution >= 4 is 0 Å². The molecule has 0 aromatic heterocycles. The molecule has 0 saturated heterocycles. The fourth-order valence-electron chi connectivity index (χ4n) is 2.94. The average molecular weight is 256 g/mol. The molecule has 0 spiro atoms. The molecule has 1 nitrogen and oxygen atoms in total. The largest absolute Gasteiger partial charge is 0.373 e. The predicted molar refractivity (Wildman–Crippen MR) is 82.0 cm³/mol. The molecule has 2 unspecified atom stereocenters. The van der Waals surface area contributed by atoms with E-state index in [4.69, 9.17) is 4.74 Å². The van der Waals surface area contributed by atoms with Crippen LogP contribution in [0.25, 0.3) is 0 Å². The third-order valence-electron chi connectivity index (χ3n) is 3.65. The normalized spacial score (nSPS) is 16.0. The van der Waals surface area contributed by atoms with Gasteiger partial charge in [0.2, 0.25) is 0 Å². The van der Waals surface area contributed by atoms with E-state index in [9.17, 15) is 0 Å². The number of hydrogen-bond acceptors (Lipinski definition) is 1. The molecule has 0 aliphatic rings. The smallest absolute Gasteiger partial charge is 0.0632 e. The van der Waals surface area contributed by atoms with Gasteiger partial charge in [-0.25, -0.2) is 0 Å². The van der Waals surface area contributed by atoms with Gasteiger partial charge in [-0.3, -0.25) is 0 Å². The molecule has 0 amide bonds. The van der Waals surface area contributed by atoms with Gasteiger partial charge in [-0.1, -0.05) is 53.4 Å². The van der Waals surface area contributed by atoms with Crippen LogP contribution in [0.1, 0.15) is 87.0 Å². The molecule has 0 aliphatic carbocycles. The minimum atomic E-state index is 0.0305. The quantitative estimate of drug-likeness (QED) is 0.478. The zero-order valence-electron chi connectivity index (χ0n) is 13.9. The Balaban J connectivity index is 4.17. The lowest BCUT2D eigenvalue weighted by Gasteiger charge is -2.33. The predicted octanol–water partition coefficient (Wildman–Crippen LogP) is 5.82. The second-order valence-corrected chi connectivity index (χ2v) is 6.94. The topological polar surface area (TPSA) is 9.23 Å². The summed E-state index contributed by atoms with van der Waals surface area (Å²) in [5.74, 6) is 1.55. The molecule has 0 fully saturated rings. The summed E-state index contributed by atoms with van der Waals surface area (Å²) in [4.78, 5) is 0. The third-order valence-corrected chi connectivity index (χ3v) is 3.65. The van der Waals surface area contributed by atoms with Crippen molar-refractivity contribution in [3.05, 3.63) is 0 Å². The van der Waals surface area contributed by atoms with Gasteiger partial charge in [-0.05, 0) is 45.4 Å². The van der Waals surface area contributed by atoms with Crippen LogP contribution in [0.2, 0.25) is 0 Å². The summed E-state index contributed by atoms with van der Waals surface area (Å²) < 4.78 is 6.26. The van der Waals surface area contributed by atoms with Gasteiger partial charge in [0.25, 0.3) is 0 Å². The van der Waals surface area contributed by atoms with Gasteiger partial charge in [0.1, 0.15) is 0 Å². The maximum absolute atomic E-state index is 6.26. The van der Waals surface area contributed by atoms with E-state index in [1.54, 1.807) is 0 Å². The van der Waals surface area contributed by atoms with Crippen LogP contribution in [-0.4, -0.2) is 11.7 Å². The molecule has 0 saturated carbocycles. The molecule has 18 heavy (non-hydrogen) atoms. The van der Waals surface area contributed by atoms with Gasteiger partial charge in [-0.15, -0.1) is 0 Å². The number of hydrogen-bond donors (Lipinski definition) is 0. The van der Waals surface area contributed by atoms with Gasteiger partial charge in [0, 0.05) is 0 Å². The van der Waals surface area contributed by atoms with Crippen LogP contribution in [0, 0.1) is 11.8 Å². The highest BCUT2D eigenvalue weighted by atomic mass is 16.5. The second-order valence-electron chi connectivity index (χ2n) is 6.94. The van der Waals surface area contributed by atoms with Crippen molar-refractivity contribution in [3.8, 4) is 0 Å². The van der Waals surface area contributed by atoms with Gasteiger partial charge in [-0.2, -0.15) is 0 Å². The Morgan fingerprint density at radius 3 is 2.11 bits per heavy atom. The molecular formula is C17H36O. The van der Waals surface area contributed by atoms with E-state index < -0.39 is 0 Å². The lowest BCUT2D eigenvalue weighted by Crippen LogP contribution is -2.32. The summed E-state index contributed by atoms with van der Waals surface area (Å²) in [6.45, 7) is 15.9. The number of unbranched alkanes of at least 4 members (excludes halogenated alkanes) is 1. The monoisotopic (exact) mass is 256 g/mol. The molecule has 0 aromatic rings. The highest BCUT2D eigenvalue weighted by Crippen LogP contribution is 2.28. The Morgan fingerprint density at radius 2 is 1.67 bits per heavy atom. The first-order chi connectivity index (χ1) is 8.30. The van der Waals surface area contributed by atoms with Crippen molar-refractivity contribution in [3.63, 3.8) is 0 Å². The van der Waals surface area contributed by atoms with Crippen LogP contribution in [0.3, 0.4) is 0 Å². The summed E-state index contributed by atoms with van der Waals surface area (Å²) in [7, 11) is 0. The van der Waals surface area contributed by atoms with E-state index in [2.05, 4.69) is 48.5 Å². The minimum absolute atomic E-state index is 0.0305. The molecule has 1 heteroatoms. The summed E-state index contributed by atoms with van der Waals surface area (Å²) in [6, 6.07) is 0. The van der Waals surface area contributed by atoms with Crippen LogP contribution in [0.4, 0.5) is 0 Å². The van der Waals surface area contributed by atoms with E-state index in [0.717, 1.165) is 18.3 Å². The van der Waals surface area contributed by atoms with E-state index in [0.29, 0.717) is 6.10 Å². The van der Waals surface area contributed by atoms with Crippen molar-refractivity contribution < 1.29 is 4.74 Å². The molecule has 110 valence electrons. The molecule has 0 aromatic carbocycles. The number of ether oxygens (including phenoxy) is 1. The summed E-state index contributed by atoms with van der Waals surface area (Å²) >= 11 is 0. The van der Waals surface area contributed by atoms with Crippen molar-refractivity contribution in [1.82, 2.24) is 0 Å². The maximum atomic E-state index is 6.26. The Bertz CT molecular complexity index is 196. The first kappa shape index (κ1) is 18.0. The van der Waals surface area contributed by atoms with Gasteiger partial charge in [0.05, 0.1) is 11.7 Å². The molecule has 0 N–H and O–H groups in total. The lowest BCUT2D eigenvalue weighted by molar-refractivity contribution is -0.0833. The summed E-state index contributed by atoms with van der Waals surface area (Å²) in [5.41, 5.74) is 0.0305. The van der Waals surface area contributed by atoms with E-state index >= 15 is 0 Å². The van der Waals surface area contributed by atoms with Crippen LogP contribution in [-0.2, 0) is 4.74 Å². The fourth-order valence-corrected chi connectivity index (χ4v) is 2.94. The van der Waals surface area contributed by atoms with Gasteiger partial charge >= 0.3 is 0 Å². The van der Waals surface area contributed by atoms with Crippen molar-refractivity contribution in [2.45, 2.75) is 98.7 Å². The van der Waals surface area contributed by atoms with Crippen molar-refractivity contribution in [2.75, 3.05) is 0 Å². The van der Waals surface area contributed by atoms with E-state index in [1.165, 1.54) is 32.1 Å². The average Bonchev–Trinajstić information content (AvgIpc) is 2.21. The van der Waals surface area contributed by atoms with Crippen molar-refractivity contribution in [1.29, 1.82) is 0 Å². The van der Waals surface area contributed by atoms with Gasteiger partial charge < -0.3 is 4.74 Å². The second kappa shape index (κ2) is 8.96. The third kappa shape index (κ3) is 8.97. The Hall–Kier alpha value is -0.0400. The highest BCUT2D eigenvalue weighted by molar-refractivity contribution is 4.75. The van der Waals surface area contributed by atoms with E-state index in [1.807, 2.05) is 0 Å². The molecule has 0 radical (unpaired) electrons. The standard InChI is InChI=1S/C17H36O/c1-8-10-11-16(9-2)13-17(6,7)18-15(5)12-14(3)4/h14-16H,8-13H2,1-7H3. The lowest BCUT2D eigenvalue weighted by atomic mass is 9.87. The first-order valence-electron chi connectivity index (χ1n) is 7.98.